The molecule has 0 radical (unpaired) electrons. The SMILES string of the molecule is Cc1nnc(NC(=O)c2ccccc2NC(=O)c2cccs2)s1. The van der Waals surface area contributed by atoms with Crippen LogP contribution in [0.2, 0.25) is 0 Å². The van der Waals surface area contributed by atoms with E-state index in [4.69, 9.17) is 0 Å². The van der Waals surface area contributed by atoms with Gasteiger partial charge in [0.05, 0.1) is 16.1 Å². The van der Waals surface area contributed by atoms with Crippen molar-refractivity contribution in [1.29, 1.82) is 0 Å². The topological polar surface area (TPSA) is 84.0 Å². The van der Waals surface area contributed by atoms with Crippen molar-refractivity contribution in [2.24, 2.45) is 0 Å². The van der Waals surface area contributed by atoms with Gasteiger partial charge < -0.3 is 5.32 Å². The molecule has 0 saturated heterocycles. The molecule has 23 heavy (non-hydrogen) atoms. The van der Waals surface area contributed by atoms with E-state index in [9.17, 15) is 9.59 Å². The smallest absolute Gasteiger partial charge is 0.265 e. The number of carbonyl (C=O) groups excluding carboxylic acids is 2. The summed E-state index contributed by atoms with van der Waals surface area (Å²) in [4.78, 5) is 25.1. The van der Waals surface area contributed by atoms with Crippen molar-refractivity contribution in [2.75, 3.05) is 10.6 Å². The number of para-hydroxylation sites is 1. The predicted molar refractivity (Wildman–Crippen MR) is 91.3 cm³/mol. The summed E-state index contributed by atoms with van der Waals surface area (Å²) in [5.74, 6) is -0.588. The Morgan fingerprint density at radius 2 is 1.83 bits per heavy atom. The fourth-order valence-electron chi connectivity index (χ4n) is 1.89. The van der Waals surface area contributed by atoms with Gasteiger partial charge in [0.1, 0.15) is 5.01 Å². The molecule has 0 bridgehead atoms. The third-order valence-corrected chi connectivity index (χ3v) is 4.53. The van der Waals surface area contributed by atoms with Gasteiger partial charge in [-0.1, -0.05) is 29.5 Å². The quantitative estimate of drug-likeness (QED) is 0.759. The highest BCUT2D eigenvalue weighted by Gasteiger charge is 2.15. The lowest BCUT2D eigenvalue weighted by molar-refractivity contribution is 0.102. The zero-order valence-electron chi connectivity index (χ0n) is 12.1. The molecule has 0 atom stereocenters. The van der Waals surface area contributed by atoms with Crippen LogP contribution in [-0.2, 0) is 0 Å². The second-order valence-corrected chi connectivity index (χ2v) is 6.69. The summed E-state index contributed by atoms with van der Waals surface area (Å²) in [6.07, 6.45) is 0. The molecular weight excluding hydrogens is 332 g/mol. The average Bonchev–Trinajstić information content (AvgIpc) is 3.19. The second-order valence-electron chi connectivity index (χ2n) is 4.56. The van der Waals surface area contributed by atoms with Crippen LogP contribution < -0.4 is 10.6 Å². The number of benzene rings is 1. The molecule has 3 aromatic rings. The number of anilines is 2. The third kappa shape index (κ3) is 3.61. The highest BCUT2D eigenvalue weighted by Crippen LogP contribution is 2.20. The number of aromatic nitrogens is 2. The summed E-state index contributed by atoms with van der Waals surface area (Å²) in [5, 5.41) is 16.2. The van der Waals surface area contributed by atoms with Gasteiger partial charge in [0.15, 0.2) is 0 Å². The molecule has 116 valence electrons. The summed E-state index contributed by atoms with van der Waals surface area (Å²) in [7, 11) is 0. The molecule has 0 aliphatic heterocycles. The first-order valence-corrected chi connectivity index (χ1v) is 8.38. The third-order valence-electron chi connectivity index (χ3n) is 2.91. The molecule has 2 aromatic heterocycles. The van der Waals surface area contributed by atoms with E-state index in [0.717, 1.165) is 5.01 Å². The normalized spacial score (nSPS) is 10.3. The highest BCUT2D eigenvalue weighted by atomic mass is 32.1. The molecule has 1 aromatic carbocycles. The lowest BCUT2D eigenvalue weighted by atomic mass is 10.1. The summed E-state index contributed by atoms with van der Waals surface area (Å²) < 4.78 is 0. The van der Waals surface area contributed by atoms with Crippen LogP contribution in [0.25, 0.3) is 0 Å². The largest absolute Gasteiger partial charge is 0.321 e. The first-order valence-electron chi connectivity index (χ1n) is 6.69. The van der Waals surface area contributed by atoms with Gasteiger partial charge >= 0.3 is 0 Å². The molecular formula is C15H12N4O2S2. The van der Waals surface area contributed by atoms with Crippen molar-refractivity contribution >= 4 is 45.3 Å². The van der Waals surface area contributed by atoms with Gasteiger partial charge in [0, 0.05) is 0 Å². The number of hydrogen-bond donors (Lipinski definition) is 2. The summed E-state index contributed by atoms with van der Waals surface area (Å²) in [5.41, 5.74) is 0.815. The predicted octanol–water partition coefficient (Wildman–Crippen LogP) is 3.41. The minimum absolute atomic E-state index is 0.244. The number of aryl methyl sites for hydroxylation is 1. The minimum Gasteiger partial charge on any atom is -0.321 e. The van der Waals surface area contributed by atoms with E-state index in [1.165, 1.54) is 22.7 Å². The lowest BCUT2D eigenvalue weighted by Gasteiger charge is -2.09. The Morgan fingerprint density at radius 1 is 1.00 bits per heavy atom. The van der Waals surface area contributed by atoms with Crippen LogP contribution in [0.15, 0.2) is 41.8 Å². The molecule has 0 unspecified atom stereocenters. The maximum atomic E-state index is 12.4. The second kappa shape index (κ2) is 6.67. The molecule has 6 nitrogen and oxygen atoms in total. The molecule has 8 heteroatoms. The Balaban J connectivity index is 1.80. The lowest BCUT2D eigenvalue weighted by Crippen LogP contribution is -2.17. The number of rotatable bonds is 4. The Labute approximate surface area is 140 Å². The zero-order chi connectivity index (χ0) is 16.2. The van der Waals surface area contributed by atoms with E-state index < -0.39 is 0 Å². The van der Waals surface area contributed by atoms with E-state index in [0.29, 0.717) is 21.3 Å². The van der Waals surface area contributed by atoms with Crippen molar-refractivity contribution in [1.82, 2.24) is 10.2 Å². The van der Waals surface area contributed by atoms with Crippen molar-refractivity contribution in [3.8, 4) is 0 Å². The number of carbonyl (C=O) groups is 2. The van der Waals surface area contributed by atoms with Crippen molar-refractivity contribution in [3.05, 3.63) is 57.2 Å². The number of thiophene rings is 1. The van der Waals surface area contributed by atoms with Gasteiger partial charge in [-0.25, -0.2) is 0 Å². The molecule has 0 aliphatic rings. The maximum absolute atomic E-state index is 12.4. The van der Waals surface area contributed by atoms with Crippen LogP contribution >= 0.6 is 22.7 Å². The Morgan fingerprint density at radius 3 is 2.52 bits per heavy atom. The van der Waals surface area contributed by atoms with Gasteiger partial charge in [-0.2, -0.15) is 0 Å². The van der Waals surface area contributed by atoms with E-state index in [2.05, 4.69) is 20.8 Å². The van der Waals surface area contributed by atoms with E-state index in [1.54, 1.807) is 36.4 Å². The van der Waals surface area contributed by atoms with Crippen molar-refractivity contribution < 1.29 is 9.59 Å². The van der Waals surface area contributed by atoms with Gasteiger partial charge in [0.25, 0.3) is 11.8 Å². The van der Waals surface area contributed by atoms with Crippen LogP contribution in [0.1, 0.15) is 25.0 Å². The van der Waals surface area contributed by atoms with E-state index >= 15 is 0 Å². The van der Waals surface area contributed by atoms with Crippen molar-refractivity contribution in [2.45, 2.75) is 6.92 Å². The molecule has 2 N–H and O–H groups in total. The van der Waals surface area contributed by atoms with Crippen molar-refractivity contribution in [3.63, 3.8) is 0 Å². The molecule has 0 fully saturated rings. The fourth-order valence-corrected chi connectivity index (χ4v) is 3.10. The van der Waals surface area contributed by atoms with E-state index in [1.807, 2.05) is 12.3 Å². The Kier molecular flexibility index (Phi) is 4.45. The first-order chi connectivity index (χ1) is 11.1. The van der Waals surface area contributed by atoms with Gasteiger partial charge in [0.2, 0.25) is 5.13 Å². The van der Waals surface area contributed by atoms with Gasteiger partial charge in [-0.05, 0) is 30.5 Å². The molecule has 0 saturated carbocycles. The first kappa shape index (κ1) is 15.3. The maximum Gasteiger partial charge on any atom is 0.265 e. The number of hydrogen-bond acceptors (Lipinski definition) is 6. The van der Waals surface area contributed by atoms with Gasteiger partial charge in [-0.15, -0.1) is 21.5 Å². The Bertz CT molecular complexity index is 843. The monoisotopic (exact) mass is 344 g/mol. The van der Waals surface area contributed by atoms with Crippen LogP contribution in [-0.4, -0.2) is 22.0 Å². The van der Waals surface area contributed by atoms with Crippen LogP contribution in [0.5, 0.6) is 0 Å². The molecule has 3 rings (SSSR count). The number of amides is 2. The average molecular weight is 344 g/mol. The Hall–Kier alpha value is -2.58. The highest BCUT2D eigenvalue weighted by molar-refractivity contribution is 7.15. The summed E-state index contributed by atoms with van der Waals surface area (Å²) in [6, 6.07) is 10.4. The molecule has 2 amide bonds. The fraction of sp³-hybridized carbons (Fsp3) is 0.0667. The molecule has 0 aliphatic carbocycles. The standard InChI is InChI=1S/C15H12N4O2S2/c1-9-18-19-15(23-9)17-13(20)10-5-2-3-6-11(10)16-14(21)12-7-4-8-22-12/h2-8H,1H3,(H,16,21)(H,17,19,20). The van der Waals surface area contributed by atoms with Crippen LogP contribution in [0.4, 0.5) is 10.8 Å². The number of nitrogens with one attached hydrogen (secondary N) is 2. The minimum atomic E-state index is -0.344. The van der Waals surface area contributed by atoms with Crippen LogP contribution in [0.3, 0.4) is 0 Å². The van der Waals surface area contributed by atoms with Crippen LogP contribution in [0, 0.1) is 6.92 Å². The summed E-state index contributed by atoms with van der Waals surface area (Å²) >= 11 is 2.63. The molecule has 2 heterocycles. The van der Waals surface area contributed by atoms with Gasteiger partial charge in [-0.3, -0.25) is 14.9 Å². The summed E-state index contributed by atoms with van der Waals surface area (Å²) in [6.45, 7) is 1.81. The molecule has 0 spiro atoms. The number of nitrogens with zero attached hydrogens (tertiary/aromatic N) is 2. The zero-order valence-corrected chi connectivity index (χ0v) is 13.7. The van der Waals surface area contributed by atoms with E-state index in [-0.39, 0.29) is 11.8 Å².